The molecule has 0 aromatic heterocycles. The minimum atomic E-state index is -0.473. The van der Waals surface area contributed by atoms with Crippen LogP contribution in [-0.2, 0) is 5.41 Å². The van der Waals surface area contributed by atoms with Crippen LogP contribution in [-0.4, -0.2) is 42.2 Å². The van der Waals surface area contributed by atoms with E-state index in [1.807, 2.05) is 6.07 Å². The lowest BCUT2D eigenvalue weighted by molar-refractivity contribution is 0.0975. The number of ketones is 1. The van der Waals surface area contributed by atoms with Crippen molar-refractivity contribution in [1.82, 2.24) is 4.90 Å². The molecule has 0 bridgehead atoms. The molecule has 152 valence electrons. The van der Waals surface area contributed by atoms with Gasteiger partial charge in [0.1, 0.15) is 5.82 Å². The maximum absolute atomic E-state index is 13.0. The second kappa shape index (κ2) is 7.11. The van der Waals surface area contributed by atoms with E-state index in [9.17, 15) is 14.3 Å². The Morgan fingerprint density at radius 1 is 1.21 bits per heavy atom. The number of aliphatic hydroxyl groups excluding tert-OH is 1. The number of carbonyl (C=O) groups is 1. The molecule has 2 aliphatic heterocycles. The molecule has 2 aromatic carbocycles. The van der Waals surface area contributed by atoms with Crippen LogP contribution in [0.25, 0.3) is 0 Å². The highest BCUT2D eigenvalue weighted by Gasteiger charge is 2.48. The number of Topliss-reactive ketones (excluding diaryl/α,β-unsaturated/α-hetero) is 1. The molecule has 5 nitrogen and oxygen atoms in total. The Balaban J connectivity index is 1.22. The van der Waals surface area contributed by atoms with Gasteiger partial charge in [0.15, 0.2) is 17.3 Å². The van der Waals surface area contributed by atoms with Crippen molar-refractivity contribution in [3.8, 4) is 11.5 Å². The summed E-state index contributed by atoms with van der Waals surface area (Å²) in [5.74, 6) is 1.20. The number of likely N-dealkylation sites (tertiary alicyclic amines) is 1. The first-order valence-electron chi connectivity index (χ1n) is 10.2. The minimum absolute atomic E-state index is 0.0493. The predicted octanol–water partition coefficient (Wildman–Crippen LogP) is 3.60. The molecule has 0 saturated carbocycles. The van der Waals surface area contributed by atoms with Crippen LogP contribution >= 0.6 is 0 Å². The number of hydrogen-bond donors (Lipinski definition) is 1. The molecular formula is C23H24FNO4. The van der Waals surface area contributed by atoms with Crippen LogP contribution in [0.4, 0.5) is 4.39 Å². The standard InChI is InChI=1S/C23H24FNO4/c24-16-5-3-15(4-6-16)19(26)2-1-8-25-9-7-23(13-25)12-20(27)17-10-21-22(11-18(17)23)29-14-28-21/h3-6,10-11,20,27H,1-2,7-9,12-14H2. The fourth-order valence-corrected chi connectivity index (χ4v) is 5.06. The Labute approximate surface area is 169 Å². The van der Waals surface area contributed by atoms with E-state index in [0.29, 0.717) is 17.7 Å². The largest absolute Gasteiger partial charge is 0.454 e. The first-order chi connectivity index (χ1) is 14.0. The van der Waals surface area contributed by atoms with Crippen molar-refractivity contribution in [2.24, 2.45) is 0 Å². The van der Waals surface area contributed by atoms with Gasteiger partial charge in [-0.1, -0.05) is 0 Å². The Morgan fingerprint density at radius 2 is 1.97 bits per heavy atom. The quantitative estimate of drug-likeness (QED) is 0.782. The molecule has 2 aromatic rings. The monoisotopic (exact) mass is 397 g/mol. The minimum Gasteiger partial charge on any atom is -0.454 e. The summed E-state index contributed by atoms with van der Waals surface area (Å²) in [5, 5.41) is 10.6. The van der Waals surface area contributed by atoms with Gasteiger partial charge in [-0.05, 0) is 79.9 Å². The Kier molecular flexibility index (Phi) is 4.56. The SMILES string of the molecule is O=C(CCCN1CCC2(CC(O)c3cc4c(cc32)OCO4)C1)c1ccc(F)cc1. The van der Waals surface area contributed by atoms with Crippen LogP contribution in [0, 0.1) is 5.82 Å². The van der Waals surface area contributed by atoms with Gasteiger partial charge in [0.25, 0.3) is 0 Å². The lowest BCUT2D eigenvalue weighted by Gasteiger charge is -2.25. The molecular weight excluding hydrogens is 373 g/mol. The molecule has 0 radical (unpaired) electrons. The Morgan fingerprint density at radius 3 is 2.76 bits per heavy atom. The third-order valence-corrected chi connectivity index (χ3v) is 6.54. The van der Waals surface area contributed by atoms with Gasteiger partial charge < -0.3 is 19.5 Å². The van der Waals surface area contributed by atoms with Crippen molar-refractivity contribution in [3.05, 3.63) is 58.9 Å². The van der Waals surface area contributed by atoms with Crippen LogP contribution in [0.5, 0.6) is 11.5 Å². The molecule has 29 heavy (non-hydrogen) atoms. The van der Waals surface area contributed by atoms with Gasteiger partial charge >= 0.3 is 0 Å². The molecule has 1 saturated heterocycles. The molecule has 0 amide bonds. The third kappa shape index (κ3) is 3.30. The maximum Gasteiger partial charge on any atom is 0.231 e. The Hall–Kier alpha value is -2.44. The first kappa shape index (κ1) is 18.6. The van der Waals surface area contributed by atoms with Crippen molar-refractivity contribution in [3.63, 3.8) is 0 Å². The van der Waals surface area contributed by atoms with Crippen molar-refractivity contribution < 1.29 is 23.8 Å². The zero-order valence-electron chi connectivity index (χ0n) is 16.2. The van der Waals surface area contributed by atoms with Crippen LogP contribution in [0.15, 0.2) is 36.4 Å². The summed E-state index contributed by atoms with van der Waals surface area (Å²) in [6.07, 6.45) is 2.45. The zero-order valence-corrected chi connectivity index (χ0v) is 16.2. The fraction of sp³-hybridized carbons (Fsp3) is 0.435. The highest BCUT2D eigenvalue weighted by Crippen LogP contribution is 2.53. The van der Waals surface area contributed by atoms with Gasteiger partial charge in [-0.2, -0.15) is 0 Å². The van der Waals surface area contributed by atoms with Gasteiger partial charge in [0.2, 0.25) is 6.79 Å². The van der Waals surface area contributed by atoms with E-state index in [1.165, 1.54) is 17.7 Å². The maximum atomic E-state index is 13.0. The number of rotatable bonds is 5. The molecule has 5 rings (SSSR count). The third-order valence-electron chi connectivity index (χ3n) is 6.54. The number of halogens is 1. The van der Waals surface area contributed by atoms with Gasteiger partial charge in [-0.3, -0.25) is 4.79 Å². The van der Waals surface area contributed by atoms with Gasteiger partial charge in [-0.15, -0.1) is 0 Å². The molecule has 2 unspecified atom stereocenters. The van der Waals surface area contributed by atoms with Crippen molar-refractivity contribution >= 4 is 5.78 Å². The fourth-order valence-electron chi connectivity index (χ4n) is 5.06. The van der Waals surface area contributed by atoms with Crippen molar-refractivity contribution in [1.29, 1.82) is 0 Å². The van der Waals surface area contributed by atoms with Gasteiger partial charge in [0, 0.05) is 23.9 Å². The highest BCUT2D eigenvalue weighted by molar-refractivity contribution is 5.95. The van der Waals surface area contributed by atoms with E-state index in [0.717, 1.165) is 50.2 Å². The number of fused-ring (bicyclic) bond motifs is 3. The second-order valence-corrected chi connectivity index (χ2v) is 8.35. The molecule has 6 heteroatoms. The number of hydrogen-bond acceptors (Lipinski definition) is 5. The van der Waals surface area contributed by atoms with E-state index in [4.69, 9.17) is 9.47 Å². The smallest absolute Gasteiger partial charge is 0.231 e. The van der Waals surface area contributed by atoms with E-state index in [-0.39, 0.29) is 23.8 Å². The summed E-state index contributed by atoms with van der Waals surface area (Å²) >= 11 is 0. The predicted molar refractivity (Wildman–Crippen MR) is 105 cm³/mol. The number of aliphatic hydroxyl groups is 1. The average molecular weight is 397 g/mol. The molecule has 1 N–H and O–H groups in total. The molecule has 2 atom stereocenters. The normalized spacial score (nSPS) is 25.0. The topological polar surface area (TPSA) is 59.0 Å². The molecule has 1 fully saturated rings. The van der Waals surface area contributed by atoms with Crippen LogP contribution in [0.2, 0.25) is 0 Å². The summed E-state index contributed by atoms with van der Waals surface area (Å²) < 4.78 is 24.0. The van der Waals surface area contributed by atoms with Crippen molar-refractivity contribution in [2.45, 2.75) is 37.2 Å². The average Bonchev–Trinajstić information content (AvgIpc) is 3.40. The lowest BCUT2D eigenvalue weighted by atomic mass is 9.81. The zero-order chi connectivity index (χ0) is 20.0. The van der Waals surface area contributed by atoms with Crippen LogP contribution < -0.4 is 9.47 Å². The number of carbonyl (C=O) groups excluding carboxylic acids is 1. The van der Waals surface area contributed by atoms with Gasteiger partial charge in [0.05, 0.1) is 6.10 Å². The number of benzene rings is 2. The Bertz CT molecular complexity index is 945. The molecule has 2 heterocycles. The lowest BCUT2D eigenvalue weighted by Crippen LogP contribution is -2.30. The first-order valence-corrected chi connectivity index (χ1v) is 10.2. The molecule has 1 aliphatic carbocycles. The summed E-state index contributed by atoms with van der Waals surface area (Å²) in [4.78, 5) is 14.7. The highest BCUT2D eigenvalue weighted by atomic mass is 19.1. The van der Waals surface area contributed by atoms with E-state index in [1.54, 1.807) is 12.1 Å². The molecule has 3 aliphatic rings. The molecule has 1 spiro atoms. The summed E-state index contributed by atoms with van der Waals surface area (Å²) in [6, 6.07) is 9.72. The van der Waals surface area contributed by atoms with E-state index < -0.39 is 6.10 Å². The van der Waals surface area contributed by atoms with Gasteiger partial charge in [-0.25, -0.2) is 4.39 Å². The van der Waals surface area contributed by atoms with E-state index >= 15 is 0 Å². The van der Waals surface area contributed by atoms with Crippen LogP contribution in [0.3, 0.4) is 0 Å². The number of ether oxygens (including phenoxy) is 2. The van der Waals surface area contributed by atoms with Crippen molar-refractivity contribution in [2.75, 3.05) is 26.4 Å². The summed E-state index contributed by atoms with van der Waals surface area (Å²) in [7, 11) is 0. The second-order valence-electron chi connectivity index (χ2n) is 8.35. The summed E-state index contributed by atoms with van der Waals surface area (Å²) in [6.45, 7) is 2.90. The summed E-state index contributed by atoms with van der Waals surface area (Å²) in [5.41, 5.74) is 2.64. The number of nitrogens with zero attached hydrogens (tertiary/aromatic N) is 1. The van der Waals surface area contributed by atoms with Crippen LogP contribution in [0.1, 0.15) is 53.3 Å². The van der Waals surface area contributed by atoms with E-state index in [2.05, 4.69) is 11.0 Å².